The molecule has 1 heterocycles. The molecule has 0 N–H and O–H groups in total. The summed E-state index contributed by atoms with van der Waals surface area (Å²) in [5, 5.41) is 0.554. The number of aryl methyl sites for hydroxylation is 1. The van der Waals surface area contributed by atoms with Crippen LogP contribution >= 0.6 is 11.6 Å². The highest BCUT2D eigenvalue weighted by atomic mass is 35.5. The van der Waals surface area contributed by atoms with Crippen LogP contribution in [0, 0.1) is 6.92 Å². The van der Waals surface area contributed by atoms with Crippen molar-refractivity contribution in [3.05, 3.63) is 94.1 Å². The Bertz CT molecular complexity index is 1380. The number of hydrogen-bond donors (Lipinski definition) is 0. The molecule has 0 saturated carbocycles. The summed E-state index contributed by atoms with van der Waals surface area (Å²) in [6.07, 6.45) is 1.51. The van der Waals surface area contributed by atoms with Crippen molar-refractivity contribution in [1.82, 2.24) is 0 Å². The van der Waals surface area contributed by atoms with Crippen LogP contribution in [0.4, 0.5) is 0 Å². The summed E-state index contributed by atoms with van der Waals surface area (Å²) in [5.41, 5.74) is 2.16. The van der Waals surface area contributed by atoms with E-state index in [1.165, 1.54) is 37.5 Å². The number of benzene rings is 3. The molecule has 3 aromatic rings. The first-order valence-corrected chi connectivity index (χ1v) is 11.5. The van der Waals surface area contributed by atoms with Gasteiger partial charge >= 0.3 is 16.1 Å². The van der Waals surface area contributed by atoms with Crippen molar-refractivity contribution in [1.29, 1.82) is 0 Å². The van der Waals surface area contributed by atoms with E-state index in [1.807, 2.05) is 6.92 Å². The van der Waals surface area contributed by atoms with Crippen molar-refractivity contribution in [2.45, 2.75) is 11.8 Å². The minimum Gasteiger partial charge on any atom is -0.493 e. The van der Waals surface area contributed by atoms with Gasteiger partial charge < -0.3 is 13.7 Å². The van der Waals surface area contributed by atoms with Crippen LogP contribution in [-0.4, -0.2) is 27.4 Å². The van der Waals surface area contributed by atoms with Crippen molar-refractivity contribution in [2.24, 2.45) is 4.99 Å². The average Bonchev–Trinajstić information content (AvgIpc) is 3.15. The van der Waals surface area contributed by atoms with Gasteiger partial charge in [0.15, 0.2) is 17.2 Å². The summed E-state index contributed by atoms with van der Waals surface area (Å²) < 4.78 is 41.0. The normalized spacial score (nSPS) is 14.7. The summed E-state index contributed by atoms with van der Waals surface area (Å²) in [6.45, 7) is 1.86. The maximum absolute atomic E-state index is 12.6. The smallest absolute Gasteiger partial charge is 0.363 e. The maximum Gasteiger partial charge on any atom is 0.363 e. The fourth-order valence-corrected chi connectivity index (χ4v) is 4.06. The first-order valence-electron chi connectivity index (χ1n) is 9.73. The van der Waals surface area contributed by atoms with Crippen molar-refractivity contribution in [3.63, 3.8) is 0 Å². The molecule has 0 atom stereocenters. The van der Waals surface area contributed by atoms with E-state index in [4.69, 9.17) is 25.3 Å². The molecule has 0 aromatic heterocycles. The monoisotopic (exact) mass is 483 g/mol. The second-order valence-electron chi connectivity index (χ2n) is 7.10. The van der Waals surface area contributed by atoms with Gasteiger partial charge in [0.2, 0.25) is 5.90 Å². The fraction of sp³-hybridized carbons (Fsp3) is 0.0833. The molecular weight excluding hydrogens is 466 g/mol. The van der Waals surface area contributed by atoms with Gasteiger partial charge in [-0.1, -0.05) is 35.4 Å². The predicted octanol–water partition coefficient (Wildman–Crippen LogP) is 4.77. The molecule has 0 fully saturated rings. The maximum atomic E-state index is 12.6. The van der Waals surface area contributed by atoms with Gasteiger partial charge in [0, 0.05) is 10.6 Å². The van der Waals surface area contributed by atoms with Crippen LogP contribution in [0.25, 0.3) is 6.08 Å². The Morgan fingerprint density at radius 2 is 1.67 bits per heavy atom. The van der Waals surface area contributed by atoms with Gasteiger partial charge in [-0.25, -0.2) is 9.79 Å². The third-order valence-corrected chi connectivity index (χ3v) is 6.21. The number of carbonyl (C=O) groups excluding carboxylic acids is 1. The molecule has 0 radical (unpaired) electrons. The lowest BCUT2D eigenvalue weighted by Crippen LogP contribution is -2.10. The number of hydrogen-bond acceptors (Lipinski definition) is 7. The van der Waals surface area contributed by atoms with E-state index in [2.05, 4.69) is 4.99 Å². The molecule has 0 aliphatic carbocycles. The Morgan fingerprint density at radius 3 is 2.33 bits per heavy atom. The highest BCUT2D eigenvalue weighted by molar-refractivity contribution is 7.87. The molecule has 9 heteroatoms. The lowest BCUT2D eigenvalue weighted by molar-refractivity contribution is -0.129. The zero-order chi connectivity index (χ0) is 23.6. The predicted molar refractivity (Wildman–Crippen MR) is 124 cm³/mol. The van der Waals surface area contributed by atoms with Gasteiger partial charge in [-0.3, -0.25) is 0 Å². The number of methoxy groups -OCH3 is 1. The van der Waals surface area contributed by atoms with Crippen LogP contribution in [0.3, 0.4) is 0 Å². The number of cyclic esters (lactones) is 1. The van der Waals surface area contributed by atoms with Gasteiger partial charge in [0.25, 0.3) is 0 Å². The minimum atomic E-state index is -4.05. The van der Waals surface area contributed by atoms with E-state index in [0.29, 0.717) is 16.1 Å². The van der Waals surface area contributed by atoms with E-state index >= 15 is 0 Å². The lowest BCUT2D eigenvalue weighted by atomic mass is 10.1. The number of carbonyl (C=O) groups is 1. The second-order valence-corrected chi connectivity index (χ2v) is 9.09. The van der Waals surface area contributed by atoms with Crippen LogP contribution in [0.5, 0.6) is 11.5 Å². The van der Waals surface area contributed by atoms with E-state index in [-0.39, 0.29) is 28.0 Å². The van der Waals surface area contributed by atoms with Crippen LogP contribution in [-0.2, 0) is 19.6 Å². The molecule has 33 heavy (non-hydrogen) atoms. The summed E-state index contributed by atoms with van der Waals surface area (Å²) in [4.78, 5) is 16.5. The highest BCUT2D eigenvalue weighted by Crippen LogP contribution is 2.32. The number of rotatable bonds is 6. The molecule has 168 valence electrons. The minimum absolute atomic E-state index is 0.0135. The van der Waals surface area contributed by atoms with Gasteiger partial charge in [-0.05, 0) is 67.1 Å². The summed E-state index contributed by atoms with van der Waals surface area (Å²) in [5.74, 6) is -0.256. The zero-order valence-corrected chi connectivity index (χ0v) is 19.2. The number of nitrogens with zero attached hydrogens (tertiary/aromatic N) is 1. The van der Waals surface area contributed by atoms with E-state index in [1.54, 1.807) is 42.5 Å². The zero-order valence-electron chi connectivity index (χ0n) is 17.6. The molecule has 7 nitrogen and oxygen atoms in total. The molecular formula is C24H18ClNO6S. The van der Waals surface area contributed by atoms with Gasteiger partial charge in [-0.15, -0.1) is 0 Å². The number of aliphatic imine (C=N–C) groups is 1. The van der Waals surface area contributed by atoms with Crippen molar-refractivity contribution in [3.8, 4) is 11.5 Å². The van der Waals surface area contributed by atoms with Crippen LogP contribution in [0.15, 0.2) is 82.3 Å². The topological polar surface area (TPSA) is 91.3 Å². The highest BCUT2D eigenvalue weighted by Gasteiger charge is 2.24. The molecule has 4 rings (SSSR count). The fourth-order valence-electron chi connectivity index (χ4n) is 3.00. The molecule has 0 amide bonds. The van der Waals surface area contributed by atoms with Crippen LogP contribution < -0.4 is 8.92 Å². The Hall–Kier alpha value is -3.62. The van der Waals surface area contributed by atoms with Gasteiger partial charge in [0.05, 0.1) is 7.11 Å². The van der Waals surface area contributed by atoms with Gasteiger partial charge in [0.1, 0.15) is 4.90 Å². The number of esters is 1. The molecule has 0 unspecified atom stereocenters. The van der Waals surface area contributed by atoms with Crippen molar-refractivity contribution in [2.75, 3.05) is 7.11 Å². The second kappa shape index (κ2) is 9.09. The third-order valence-electron chi connectivity index (χ3n) is 4.71. The van der Waals surface area contributed by atoms with E-state index in [0.717, 1.165) is 5.56 Å². The van der Waals surface area contributed by atoms with Crippen LogP contribution in [0.2, 0.25) is 5.02 Å². The number of halogens is 1. The largest absolute Gasteiger partial charge is 0.493 e. The molecule has 0 spiro atoms. The van der Waals surface area contributed by atoms with E-state index < -0.39 is 16.1 Å². The first-order chi connectivity index (χ1) is 15.7. The molecule has 0 saturated heterocycles. The van der Waals surface area contributed by atoms with Crippen LogP contribution in [0.1, 0.15) is 16.7 Å². The Labute approximate surface area is 196 Å². The van der Waals surface area contributed by atoms with E-state index in [9.17, 15) is 13.2 Å². The molecule has 3 aromatic carbocycles. The Balaban J connectivity index is 1.60. The molecule has 1 aliphatic rings. The third kappa shape index (κ3) is 5.08. The summed E-state index contributed by atoms with van der Waals surface area (Å²) >= 11 is 5.89. The summed E-state index contributed by atoms with van der Waals surface area (Å²) in [6, 6.07) is 17.6. The summed E-state index contributed by atoms with van der Waals surface area (Å²) in [7, 11) is -2.66. The standard InChI is InChI=1S/C24H18ClNO6S/c1-15-3-10-19(11-4-15)33(28,29)32-21-12-5-16(14-22(21)30-2)13-20-24(27)31-23(26-20)17-6-8-18(25)9-7-17/h3-14H,1-2H3. The quantitative estimate of drug-likeness (QED) is 0.285. The Kier molecular flexibility index (Phi) is 6.22. The number of ether oxygens (including phenoxy) is 2. The lowest BCUT2D eigenvalue weighted by Gasteiger charge is -2.11. The molecule has 0 bridgehead atoms. The van der Waals surface area contributed by atoms with Gasteiger partial charge in [-0.2, -0.15) is 8.42 Å². The SMILES string of the molecule is COc1cc(C=C2N=C(c3ccc(Cl)cc3)OC2=O)ccc1OS(=O)(=O)c1ccc(C)cc1. The first kappa shape index (κ1) is 22.6. The average molecular weight is 484 g/mol. The van der Waals surface area contributed by atoms with Crippen molar-refractivity contribution >= 4 is 39.7 Å². The van der Waals surface area contributed by atoms with Crippen molar-refractivity contribution < 1.29 is 26.9 Å². The molecule has 1 aliphatic heterocycles. The Morgan fingerprint density at radius 1 is 0.970 bits per heavy atom.